The van der Waals surface area contributed by atoms with Gasteiger partial charge >= 0.3 is 0 Å². The van der Waals surface area contributed by atoms with Crippen LogP contribution in [0.2, 0.25) is 0 Å². The minimum Gasteiger partial charge on any atom is -0.0901 e. The first-order chi connectivity index (χ1) is 13.7. The van der Waals surface area contributed by atoms with Crippen molar-refractivity contribution in [2.24, 2.45) is 0 Å². The number of hydrogen-bond acceptors (Lipinski definition) is 1. The largest absolute Gasteiger partial charge is 0.166 e. The fourth-order valence-electron chi connectivity index (χ4n) is 3.03. The lowest BCUT2D eigenvalue weighted by Gasteiger charge is -2.09. The summed E-state index contributed by atoms with van der Waals surface area (Å²) in [5.74, 6) is 0. The molecule has 0 radical (unpaired) electrons. The van der Waals surface area contributed by atoms with Crippen LogP contribution in [-0.2, 0) is 10.9 Å². The van der Waals surface area contributed by atoms with Crippen LogP contribution in [-0.4, -0.2) is 0 Å². The first-order valence-corrected chi connectivity index (χ1v) is 11.4. The molecular weight excluding hydrogens is 376 g/mol. The second-order valence-corrected chi connectivity index (χ2v) is 9.99. The molecule has 0 fully saturated rings. The topological polar surface area (TPSA) is 0 Å². The van der Waals surface area contributed by atoms with Crippen LogP contribution in [0.1, 0.15) is 11.1 Å². The second-order valence-electron chi connectivity index (χ2n) is 6.82. The van der Waals surface area contributed by atoms with Crippen LogP contribution >= 0.6 is 11.8 Å². The predicted molar refractivity (Wildman–Crippen MR) is 122 cm³/mol. The molecule has 138 valence electrons. The summed E-state index contributed by atoms with van der Waals surface area (Å²) in [4.78, 5) is 6.61. The van der Waals surface area contributed by atoms with E-state index in [2.05, 4.69) is 117 Å². The average Bonchev–Trinajstić information content (AvgIpc) is 2.73. The second kappa shape index (κ2) is 8.72. The molecule has 0 saturated heterocycles. The SMILES string of the molecule is Cc1ccc([S+](c2ccc(C)cc2)c2ccc(Sc3ccccc3)cc2)cc1. The highest BCUT2D eigenvalue weighted by Gasteiger charge is 2.28. The van der Waals surface area contributed by atoms with Gasteiger partial charge in [-0.1, -0.05) is 65.4 Å². The normalized spacial score (nSPS) is 11.0. The smallest absolute Gasteiger partial charge is 0.0901 e. The maximum atomic E-state index is 2.29. The van der Waals surface area contributed by atoms with Crippen LogP contribution in [0.5, 0.6) is 0 Å². The highest BCUT2D eigenvalue weighted by Crippen LogP contribution is 2.34. The Balaban J connectivity index is 1.68. The molecule has 4 rings (SSSR count). The molecule has 4 aromatic rings. The van der Waals surface area contributed by atoms with Crippen LogP contribution in [0.4, 0.5) is 0 Å². The van der Waals surface area contributed by atoms with E-state index < -0.39 is 0 Å². The van der Waals surface area contributed by atoms with Crippen LogP contribution < -0.4 is 0 Å². The van der Waals surface area contributed by atoms with Gasteiger partial charge < -0.3 is 0 Å². The molecule has 2 heteroatoms. The molecule has 0 aliphatic heterocycles. The van der Waals surface area contributed by atoms with Crippen LogP contribution in [0, 0.1) is 13.8 Å². The third-order valence-electron chi connectivity index (χ3n) is 4.55. The van der Waals surface area contributed by atoms with Crippen molar-refractivity contribution in [3.63, 3.8) is 0 Å². The molecule has 0 unspecified atom stereocenters. The summed E-state index contributed by atoms with van der Waals surface area (Å²) >= 11 is 1.81. The van der Waals surface area contributed by atoms with E-state index in [1.165, 1.54) is 35.6 Å². The van der Waals surface area contributed by atoms with Crippen LogP contribution in [0.3, 0.4) is 0 Å². The quantitative estimate of drug-likeness (QED) is 0.312. The van der Waals surface area contributed by atoms with E-state index in [1.54, 1.807) is 11.8 Å². The number of rotatable bonds is 5. The molecule has 0 spiro atoms. The minimum absolute atomic E-state index is 0.0952. The summed E-state index contributed by atoms with van der Waals surface area (Å²) in [5.41, 5.74) is 2.59. The van der Waals surface area contributed by atoms with Gasteiger partial charge in [0.25, 0.3) is 0 Å². The molecule has 0 aromatic heterocycles. The molecule has 0 amide bonds. The molecule has 0 aliphatic rings. The predicted octanol–water partition coefficient (Wildman–Crippen LogP) is 7.55. The van der Waals surface area contributed by atoms with Crippen molar-refractivity contribution in [3.8, 4) is 0 Å². The summed E-state index contributed by atoms with van der Waals surface area (Å²) in [7, 11) is -0.0952. The van der Waals surface area contributed by atoms with Crippen LogP contribution in [0.25, 0.3) is 0 Å². The molecule has 0 atom stereocenters. The number of hydrogen-bond donors (Lipinski definition) is 0. The molecule has 0 heterocycles. The highest BCUT2D eigenvalue weighted by molar-refractivity contribution is 7.99. The third kappa shape index (κ3) is 4.52. The van der Waals surface area contributed by atoms with Crippen molar-refractivity contribution >= 4 is 22.7 Å². The Bertz CT molecular complexity index is 973. The summed E-state index contributed by atoms with van der Waals surface area (Å²) in [6.45, 7) is 4.28. The van der Waals surface area contributed by atoms with Crippen molar-refractivity contribution < 1.29 is 0 Å². The molecule has 28 heavy (non-hydrogen) atoms. The van der Waals surface area contributed by atoms with E-state index in [-0.39, 0.29) is 10.9 Å². The summed E-state index contributed by atoms with van der Waals surface area (Å²) in [6, 6.07) is 37.5. The standard InChI is InChI=1S/C26H23S2/c1-20-8-14-24(15-9-20)28(25-16-10-21(2)11-17-25)26-18-12-23(13-19-26)27-22-6-4-3-5-7-22/h3-19H,1-2H3/q+1. The lowest BCUT2D eigenvalue weighted by atomic mass is 10.2. The van der Waals surface area contributed by atoms with Crippen molar-refractivity contribution in [3.05, 3.63) is 114 Å². The third-order valence-corrected chi connectivity index (χ3v) is 7.80. The Morgan fingerprint density at radius 3 is 1.32 bits per heavy atom. The van der Waals surface area contributed by atoms with E-state index in [0.717, 1.165) is 0 Å². The van der Waals surface area contributed by atoms with Gasteiger partial charge in [0.15, 0.2) is 14.7 Å². The Kier molecular flexibility index (Phi) is 5.90. The van der Waals surface area contributed by atoms with E-state index >= 15 is 0 Å². The van der Waals surface area contributed by atoms with Gasteiger partial charge in [-0.15, -0.1) is 0 Å². The molecule has 0 bridgehead atoms. The maximum Gasteiger partial charge on any atom is 0.166 e. The molecular formula is C26H23S2+. The van der Waals surface area contributed by atoms with Gasteiger partial charge in [0.05, 0.1) is 10.9 Å². The molecule has 0 nitrogen and oxygen atoms in total. The highest BCUT2D eigenvalue weighted by atomic mass is 32.2. The van der Waals surface area contributed by atoms with E-state index in [9.17, 15) is 0 Å². The number of aryl methyl sites for hydroxylation is 2. The molecule has 0 aliphatic carbocycles. The van der Waals surface area contributed by atoms with Gasteiger partial charge in [-0.2, -0.15) is 0 Å². The van der Waals surface area contributed by atoms with Gasteiger partial charge in [0, 0.05) is 9.79 Å². The lowest BCUT2D eigenvalue weighted by molar-refractivity contribution is 1.27. The van der Waals surface area contributed by atoms with Gasteiger partial charge in [-0.05, 0) is 74.5 Å². The monoisotopic (exact) mass is 399 g/mol. The maximum absolute atomic E-state index is 2.29. The summed E-state index contributed by atoms with van der Waals surface area (Å²) < 4.78 is 0. The van der Waals surface area contributed by atoms with Gasteiger partial charge in [-0.25, -0.2) is 0 Å². The zero-order valence-corrected chi connectivity index (χ0v) is 17.8. The zero-order valence-electron chi connectivity index (χ0n) is 16.1. The zero-order chi connectivity index (χ0) is 19.3. The van der Waals surface area contributed by atoms with Crippen LogP contribution in [0.15, 0.2) is 128 Å². The van der Waals surface area contributed by atoms with E-state index in [1.807, 2.05) is 0 Å². The summed E-state index contributed by atoms with van der Waals surface area (Å²) in [6.07, 6.45) is 0. The van der Waals surface area contributed by atoms with E-state index in [4.69, 9.17) is 0 Å². The van der Waals surface area contributed by atoms with Gasteiger partial charge in [0.1, 0.15) is 0 Å². The molecule has 0 saturated carbocycles. The van der Waals surface area contributed by atoms with E-state index in [0.29, 0.717) is 0 Å². The summed E-state index contributed by atoms with van der Waals surface area (Å²) in [5, 5.41) is 0. The first-order valence-electron chi connectivity index (χ1n) is 9.40. The minimum atomic E-state index is -0.0952. The fraction of sp³-hybridized carbons (Fsp3) is 0.0769. The Morgan fingerprint density at radius 2 is 0.857 bits per heavy atom. The lowest BCUT2D eigenvalue weighted by Crippen LogP contribution is -2.04. The Morgan fingerprint density at radius 1 is 0.464 bits per heavy atom. The van der Waals surface area contributed by atoms with Gasteiger partial charge in [0.2, 0.25) is 0 Å². The van der Waals surface area contributed by atoms with Crippen molar-refractivity contribution in [1.82, 2.24) is 0 Å². The van der Waals surface area contributed by atoms with Crippen molar-refractivity contribution in [1.29, 1.82) is 0 Å². The van der Waals surface area contributed by atoms with Crippen molar-refractivity contribution in [2.45, 2.75) is 38.3 Å². The average molecular weight is 400 g/mol. The fourth-order valence-corrected chi connectivity index (χ4v) is 5.90. The number of benzene rings is 4. The molecule has 0 N–H and O–H groups in total. The van der Waals surface area contributed by atoms with Crippen molar-refractivity contribution in [2.75, 3.05) is 0 Å². The van der Waals surface area contributed by atoms with Gasteiger partial charge in [-0.3, -0.25) is 0 Å². The first kappa shape index (κ1) is 18.9. The molecule has 4 aromatic carbocycles. The Labute approximate surface area is 175 Å². The Hall–Kier alpha value is -2.42.